The van der Waals surface area contributed by atoms with E-state index in [0.29, 0.717) is 11.3 Å². The zero-order valence-corrected chi connectivity index (χ0v) is 17.3. The van der Waals surface area contributed by atoms with E-state index in [1.165, 1.54) is 10.8 Å². The van der Waals surface area contributed by atoms with Gasteiger partial charge in [-0.15, -0.1) is 0 Å². The second kappa shape index (κ2) is 5.95. The largest absolute Gasteiger partial charge is 0.274 e. The van der Waals surface area contributed by atoms with Gasteiger partial charge in [0.15, 0.2) is 16.9 Å². The molecule has 0 aliphatic rings. The van der Waals surface area contributed by atoms with Crippen LogP contribution in [0.15, 0.2) is 85.2 Å². The molecule has 0 atom stereocenters. The summed E-state index contributed by atoms with van der Waals surface area (Å²) in [7, 11) is 0. The van der Waals surface area contributed by atoms with Gasteiger partial charge in [0, 0.05) is 23.2 Å². The quantitative estimate of drug-likeness (QED) is 0.227. The molecule has 0 saturated carbocycles. The smallest absolute Gasteiger partial charge is 0.199 e. The SMILES string of the molecule is c1ccc2c(c1)nc1c3c4ccccc4c4ccccc4c3c3nc4nccnc4nc3n21. The van der Waals surface area contributed by atoms with Crippen molar-refractivity contribution in [1.82, 2.24) is 29.3 Å². The molecule has 152 valence electrons. The number of fused-ring (bicyclic) bond motifs is 14. The molecule has 6 nitrogen and oxygen atoms in total. The lowest BCUT2D eigenvalue weighted by molar-refractivity contribution is 1.16. The summed E-state index contributed by atoms with van der Waals surface area (Å²) in [4.78, 5) is 23.9. The molecule has 8 aromatic rings. The van der Waals surface area contributed by atoms with Gasteiger partial charge in [-0.05, 0) is 33.7 Å². The van der Waals surface area contributed by atoms with E-state index >= 15 is 0 Å². The summed E-state index contributed by atoms with van der Waals surface area (Å²) in [5.41, 5.74) is 5.38. The summed E-state index contributed by atoms with van der Waals surface area (Å²) in [5.74, 6) is 0. The van der Waals surface area contributed by atoms with Gasteiger partial charge in [-0.3, -0.25) is 4.40 Å². The van der Waals surface area contributed by atoms with Gasteiger partial charge in [-0.25, -0.2) is 24.9 Å². The molecule has 0 bridgehead atoms. The van der Waals surface area contributed by atoms with Crippen LogP contribution in [0.25, 0.3) is 71.5 Å². The first-order valence-corrected chi connectivity index (χ1v) is 10.8. The number of hydrogen-bond donors (Lipinski definition) is 0. The van der Waals surface area contributed by atoms with Gasteiger partial charge in [0.1, 0.15) is 11.2 Å². The third-order valence-electron chi connectivity index (χ3n) is 6.47. The average molecular weight is 422 g/mol. The van der Waals surface area contributed by atoms with Crippen LogP contribution in [-0.2, 0) is 0 Å². The fourth-order valence-electron chi connectivity index (χ4n) is 5.14. The van der Waals surface area contributed by atoms with Crippen LogP contribution in [0.1, 0.15) is 0 Å². The molecule has 4 aromatic carbocycles. The highest BCUT2D eigenvalue weighted by Gasteiger charge is 2.21. The van der Waals surface area contributed by atoms with Crippen molar-refractivity contribution < 1.29 is 0 Å². The summed E-state index contributed by atoms with van der Waals surface area (Å²) in [6.45, 7) is 0. The van der Waals surface area contributed by atoms with Gasteiger partial charge in [-0.1, -0.05) is 60.7 Å². The Hall–Kier alpha value is -4.71. The molecule has 0 spiro atoms. The van der Waals surface area contributed by atoms with E-state index in [9.17, 15) is 0 Å². The van der Waals surface area contributed by atoms with Gasteiger partial charge in [-0.2, -0.15) is 0 Å². The number of aromatic nitrogens is 6. The molecule has 4 aromatic heterocycles. The number of imidazole rings is 1. The minimum Gasteiger partial charge on any atom is -0.274 e. The standard InChI is InChI=1S/C27H14N6/c1-3-9-17-15(7-1)16-8-2-4-10-18(16)22-21(17)23-27(32-25-24(31-23)28-13-14-29-25)33-20-12-6-5-11-19(20)30-26(22)33/h1-14H. The Kier molecular flexibility index (Phi) is 3.05. The van der Waals surface area contributed by atoms with E-state index in [1.807, 2.05) is 18.2 Å². The number of nitrogens with zero attached hydrogens (tertiary/aromatic N) is 6. The van der Waals surface area contributed by atoms with E-state index in [-0.39, 0.29) is 0 Å². The molecule has 0 radical (unpaired) electrons. The van der Waals surface area contributed by atoms with Gasteiger partial charge >= 0.3 is 0 Å². The monoisotopic (exact) mass is 422 g/mol. The summed E-state index contributed by atoms with van der Waals surface area (Å²) in [6, 6.07) is 25.2. The summed E-state index contributed by atoms with van der Waals surface area (Å²) in [6.07, 6.45) is 3.31. The first kappa shape index (κ1) is 16.9. The topological polar surface area (TPSA) is 68.9 Å². The van der Waals surface area contributed by atoms with Crippen molar-refractivity contribution in [2.75, 3.05) is 0 Å². The first-order valence-electron chi connectivity index (χ1n) is 10.8. The Morgan fingerprint density at radius 3 is 1.88 bits per heavy atom. The van der Waals surface area contributed by atoms with E-state index < -0.39 is 0 Å². The van der Waals surface area contributed by atoms with Gasteiger partial charge in [0.05, 0.1) is 11.0 Å². The minimum atomic E-state index is 0.522. The van der Waals surface area contributed by atoms with Gasteiger partial charge in [0.25, 0.3) is 0 Å². The maximum atomic E-state index is 5.09. The lowest BCUT2D eigenvalue weighted by atomic mass is 9.94. The first-order chi connectivity index (χ1) is 16.4. The van der Waals surface area contributed by atoms with E-state index in [1.54, 1.807) is 12.4 Å². The molecule has 33 heavy (non-hydrogen) atoms. The number of rotatable bonds is 0. The van der Waals surface area contributed by atoms with Crippen molar-refractivity contribution in [2.45, 2.75) is 0 Å². The molecule has 0 aliphatic carbocycles. The summed E-state index contributed by atoms with van der Waals surface area (Å²) >= 11 is 0. The summed E-state index contributed by atoms with van der Waals surface area (Å²) in [5, 5.41) is 6.77. The van der Waals surface area contributed by atoms with Crippen LogP contribution in [-0.4, -0.2) is 29.3 Å². The van der Waals surface area contributed by atoms with Crippen molar-refractivity contribution in [3.63, 3.8) is 0 Å². The lowest BCUT2D eigenvalue weighted by Crippen LogP contribution is -2.00. The van der Waals surface area contributed by atoms with E-state index in [2.05, 4.69) is 69.0 Å². The number of benzene rings is 4. The second-order valence-electron chi connectivity index (χ2n) is 8.20. The third-order valence-corrected chi connectivity index (χ3v) is 6.47. The maximum Gasteiger partial charge on any atom is 0.199 e. The molecule has 0 fully saturated rings. The fourth-order valence-corrected chi connectivity index (χ4v) is 5.14. The van der Waals surface area contributed by atoms with Crippen molar-refractivity contribution >= 4 is 71.5 Å². The Labute approximate surface area is 186 Å². The number of hydrogen-bond acceptors (Lipinski definition) is 5. The molecule has 4 heterocycles. The maximum absolute atomic E-state index is 5.09. The zero-order chi connectivity index (χ0) is 21.5. The molecule has 0 aliphatic heterocycles. The molecule has 6 heteroatoms. The summed E-state index contributed by atoms with van der Waals surface area (Å²) < 4.78 is 2.12. The number of pyridine rings is 1. The number of para-hydroxylation sites is 2. The van der Waals surface area contributed by atoms with Crippen LogP contribution >= 0.6 is 0 Å². The van der Waals surface area contributed by atoms with Crippen molar-refractivity contribution in [3.8, 4) is 0 Å². The predicted octanol–water partition coefficient (Wildman–Crippen LogP) is 5.83. The van der Waals surface area contributed by atoms with Gasteiger partial charge in [0.2, 0.25) is 0 Å². The lowest BCUT2D eigenvalue weighted by Gasteiger charge is -2.14. The minimum absolute atomic E-state index is 0.522. The van der Waals surface area contributed by atoms with Crippen LogP contribution in [0.3, 0.4) is 0 Å². The molecular weight excluding hydrogens is 408 g/mol. The van der Waals surface area contributed by atoms with Crippen LogP contribution in [0, 0.1) is 0 Å². The average Bonchev–Trinajstić information content (AvgIpc) is 3.27. The predicted molar refractivity (Wildman–Crippen MR) is 131 cm³/mol. The van der Waals surface area contributed by atoms with Crippen molar-refractivity contribution in [3.05, 3.63) is 85.2 Å². The molecule has 0 unspecified atom stereocenters. The highest BCUT2D eigenvalue weighted by molar-refractivity contribution is 6.34. The van der Waals surface area contributed by atoms with E-state index in [4.69, 9.17) is 15.0 Å². The Morgan fingerprint density at radius 1 is 0.515 bits per heavy atom. The van der Waals surface area contributed by atoms with Crippen molar-refractivity contribution in [2.24, 2.45) is 0 Å². The Balaban J connectivity index is 1.84. The molecule has 0 amide bonds. The van der Waals surface area contributed by atoms with Crippen LogP contribution in [0.5, 0.6) is 0 Å². The van der Waals surface area contributed by atoms with E-state index in [0.717, 1.165) is 49.4 Å². The molecule has 8 rings (SSSR count). The fraction of sp³-hybridized carbons (Fsp3) is 0. The molecular formula is C27H14N6. The highest BCUT2D eigenvalue weighted by Crippen LogP contribution is 2.41. The van der Waals surface area contributed by atoms with Gasteiger partial charge < -0.3 is 0 Å². The second-order valence-corrected chi connectivity index (χ2v) is 8.20. The molecule has 0 N–H and O–H groups in total. The molecule has 0 saturated heterocycles. The third kappa shape index (κ3) is 2.09. The Morgan fingerprint density at radius 2 is 1.12 bits per heavy atom. The normalized spacial score (nSPS) is 12.2. The highest BCUT2D eigenvalue weighted by atomic mass is 15.1. The van der Waals surface area contributed by atoms with Crippen LogP contribution in [0.4, 0.5) is 0 Å². The van der Waals surface area contributed by atoms with Crippen LogP contribution in [0.2, 0.25) is 0 Å². The Bertz CT molecular complexity index is 2090. The van der Waals surface area contributed by atoms with Crippen LogP contribution < -0.4 is 0 Å². The van der Waals surface area contributed by atoms with Crippen molar-refractivity contribution in [1.29, 1.82) is 0 Å². The zero-order valence-electron chi connectivity index (χ0n) is 17.3.